The van der Waals surface area contributed by atoms with Crippen LogP contribution in [0.4, 0.5) is 0 Å². The molecule has 0 radical (unpaired) electrons. The zero-order chi connectivity index (χ0) is 15.2. The number of hydrogen-bond donors (Lipinski definition) is 2. The summed E-state index contributed by atoms with van der Waals surface area (Å²) in [6.45, 7) is 0. The largest absolute Gasteiger partial charge is 0.279 e. The van der Waals surface area contributed by atoms with E-state index in [0.29, 0.717) is 10.4 Å². The predicted octanol–water partition coefficient (Wildman–Crippen LogP) is 3.45. The minimum atomic E-state index is -0.334. The van der Waals surface area contributed by atoms with Crippen molar-refractivity contribution in [3.63, 3.8) is 0 Å². The van der Waals surface area contributed by atoms with Crippen molar-refractivity contribution in [2.24, 2.45) is 0 Å². The summed E-state index contributed by atoms with van der Waals surface area (Å²) in [4.78, 5) is 24.4. The van der Waals surface area contributed by atoms with Gasteiger partial charge in [-0.2, -0.15) is 11.8 Å². The first kappa shape index (κ1) is 16.1. The number of carbonyl (C=O) groups is 2. The Morgan fingerprint density at radius 1 is 1.19 bits per heavy atom. The summed E-state index contributed by atoms with van der Waals surface area (Å²) in [5, 5.41) is 0. The van der Waals surface area contributed by atoms with Crippen molar-refractivity contribution in [2.45, 2.75) is 5.75 Å². The molecule has 0 fully saturated rings. The highest BCUT2D eigenvalue weighted by atomic mass is 79.9. The molecular weight excluding hydrogens is 372 g/mol. The van der Waals surface area contributed by atoms with Crippen LogP contribution in [0.2, 0.25) is 0 Å². The van der Waals surface area contributed by atoms with Gasteiger partial charge in [-0.25, -0.2) is 0 Å². The van der Waals surface area contributed by atoms with Crippen molar-refractivity contribution in [3.8, 4) is 0 Å². The molecule has 0 unspecified atom stereocenters. The number of hydrogen-bond acceptors (Lipinski definition) is 4. The SMILES string of the molecule is CSCc1cccc(C(=O)NNC(=O)c2ccc(Br)s2)c1. The van der Waals surface area contributed by atoms with Crippen LogP contribution in [-0.4, -0.2) is 18.1 Å². The lowest BCUT2D eigenvalue weighted by atomic mass is 10.1. The second-order valence-corrected chi connectivity index (χ2v) is 7.47. The van der Waals surface area contributed by atoms with Gasteiger partial charge < -0.3 is 0 Å². The number of carbonyl (C=O) groups excluding carboxylic acids is 2. The third-order valence-electron chi connectivity index (χ3n) is 2.59. The Bertz CT molecular complexity index is 658. The molecule has 0 aliphatic rings. The third-order valence-corrected chi connectivity index (χ3v) is 4.83. The number of benzene rings is 1. The van der Waals surface area contributed by atoms with Gasteiger partial charge in [0.05, 0.1) is 8.66 Å². The van der Waals surface area contributed by atoms with E-state index in [1.807, 2.05) is 24.5 Å². The van der Waals surface area contributed by atoms with Gasteiger partial charge in [0.2, 0.25) is 0 Å². The van der Waals surface area contributed by atoms with Gasteiger partial charge in [0.15, 0.2) is 0 Å². The van der Waals surface area contributed by atoms with Crippen LogP contribution < -0.4 is 10.9 Å². The van der Waals surface area contributed by atoms with Gasteiger partial charge in [-0.15, -0.1) is 11.3 Å². The van der Waals surface area contributed by atoms with Crippen molar-refractivity contribution < 1.29 is 9.59 Å². The summed E-state index contributed by atoms with van der Waals surface area (Å²) >= 11 is 6.28. The van der Waals surface area contributed by atoms with Crippen LogP contribution in [0.25, 0.3) is 0 Å². The Morgan fingerprint density at radius 3 is 2.62 bits per heavy atom. The van der Waals surface area contributed by atoms with Crippen LogP contribution in [0, 0.1) is 0 Å². The highest BCUT2D eigenvalue weighted by Gasteiger charge is 2.11. The molecule has 0 saturated carbocycles. The first-order valence-electron chi connectivity index (χ1n) is 6.04. The Hall–Kier alpha value is -1.31. The topological polar surface area (TPSA) is 58.2 Å². The van der Waals surface area contributed by atoms with Gasteiger partial charge in [-0.1, -0.05) is 12.1 Å². The molecule has 2 aromatic rings. The van der Waals surface area contributed by atoms with E-state index >= 15 is 0 Å². The number of nitrogens with one attached hydrogen (secondary N) is 2. The van der Waals surface area contributed by atoms with E-state index in [1.165, 1.54) is 11.3 Å². The summed E-state index contributed by atoms with van der Waals surface area (Å²) in [7, 11) is 0. The number of thiophene rings is 1. The average molecular weight is 385 g/mol. The summed E-state index contributed by atoms with van der Waals surface area (Å²) in [5.41, 5.74) is 6.43. The Balaban J connectivity index is 1.95. The van der Waals surface area contributed by atoms with Crippen molar-refractivity contribution >= 4 is 50.8 Å². The maximum atomic E-state index is 12.0. The number of halogens is 1. The summed E-state index contributed by atoms with van der Waals surface area (Å²) in [6.07, 6.45) is 2.01. The number of hydrazine groups is 1. The van der Waals surface area contributed by atoms with E-state index in [9.17, 15) is 9.59 Å². The van der Waals surface area contributed by atoms with Gasteiger partial charge in [0, 0.05) is 11.3 Å². The Labute approximate surface area is 139 Å². The molecule has 0 atom stereocenters. The maximum absolute atomic E-state index is 12.0. The fraction of sp³-hybridized carbons (Fsp3) is 0.143. The molecule has 2 amide bonds. The fourth-order valence-corrected chi connectivity index (χ4v) is 3.45. The van der Waals surface area contributed by atoms with Crippen LogP contribution in [0.3, 0.4) is 0 Å². The van der Waals surface area contributed by atoms with Crippen LogP contribution in [0.5, 0.6) is 0 Å². The third kappa shape index (κ3) is 4.59. The highest BCUT2D eigenvalue weighted by Crippen LogP contribution is 2.21. The molecule has 4 nitrogen and oxygen atoms in total. The molecule has 2 rings (SSSR count). The van der Waals surface area contributed by atoms with E-state index in [2.05, 4.69) is 26.8 Å². The molecule has 21 heavy (non-hydrogen) atoms. The molecule has 0 saturated heterocycles. The zero-order valence-corrected chi connectivity index (χ0v) is 14.4. The lowest BCUT2D eigenvalue weighted by Crippen LogP contribution is -2.41. The molecule has 2 N–H and O–H groups in total. The summed E-state index contributed by atoms with van der Waals surface area (Å²) in [5.74, 6) is 0.178. The first-order chi connectivity index (χ1) is 10.1. The smallest absolute Gasteiger partial charge is 0.267 e. The van der Waals surface area contributed by atoms with Gasteiger partial charge in [-0.3, -0.25) is 20.4 Å². The van der Waals surface area contributed by atoms with E-state index in [0.717, 1.165) is 15.1 Å². The minimum Gasteiger partial charge on any atom is -0.267 e. The second kappa shape index (κ2) is 7.63. The summed E-state index contributed by atoms with van der Waals surface area (Å²) in [6, 6.07) is 10.8. The lowest BCUT2D eigenvalue weighted by molar-refractivity contribution is 0.0849. The molecular formula is C14H13BrN2O2S2. The molecule has 7 heteroatoms. The molecule has 1 aromatic heterocycles. The Morgan fingerprint density at radius 2 is 1.95 bits per heavy atom. The monoisotopic (exact) mass is 384 g/mol. The first-order valence-corrected chi connectivity index (χ1v) is 9.04. The van der Waals surface area contributed by atoms with Crippen LogP contribution in [0.15, 0.2) is 40.2 Å². The lowest BCUT2D eigenvalue weighted by Gasteiger charge is -2.07. The molecule has 0 aliphatic carbocycles. The Kier molecular flexibility index (Phi) is 5.84. The van der Waals surface area contributed by atoms with E-state index in [4.69, 9.17) is 0 Å². The molecule has 110 valence electrons. The second-order valence-electron chi connectivity index (χ2n) is 4.15. The normalized spacial score (nSPS) is 10.2. The maximum Gasteiger partial charge on any atom is 0.279 e. The zero-order valence-electron chi connectivity index (χ0n) is 11.2. The van der Waals surface area contributed by atoms with Crippen molar-refractivity contribution in [1.29, 1.82) is 0 Å². The highest BCUT2D eigenvalue weighted by molar-refractivity contribution is 9.11. The molecule has 1 aromatic carbocycles. The van der Waals surface area contributed by atoms with Gasteiger partial charge in [0.25, 0.3) is 11.8 Å². The standard InChI is InChI=1S/C14H13BrN2O2S2/c1-20-8-9-3-2-4-10(7-9)13(18)16-17-14(19)11-5-6-12(15)21-11/h2-7H,8H2,1H3,(H,16,18)(H,17,19). The predicted molar refractivity (Wildman–Crippen MR) is 90.6 cm³/mol. The van der Waals surface area contributed by atoms with E-state index in [1.54, 1.807) is 30.0 Å². The van der Waals surface area contributed by atoms with Crippen LogP contribution in [-0.2, 0) is 5.75 Å². The van der Waals surface area contributed by atoms with Crippen molar-refractivity contribution in [1.82, 2.24) is 10.9 Å². The van der Waals surface area contributed by atoms with Gasteiger partial charge >= 0.3 is 0 Å². The number of amides is 2. The van der Waals surface area contributed by atoms with Gasteiger partial charge in [-0.05, 0) is 52.0 Å². The van der Waals surface area contributed by atoms with E-state index in [-0.39, 0.29) is 11.8 Å². The number of thioether (sulfide) groups is 1. The van der Waals surface area contributed by atoms with E-state index < -0.39 is 0 Å². The molecule has 1 heterocycles. The van der Waals surface area contributed by atoms with Crippen molar-refractivity contribution in [2.75, 3.05) is 6.26 Å². The molecule has 0 bridgehead atoms. The molecule has 0 aliphatic heterocycles. The average Bonchev–Trinajstić information content (AvgIpc) is 2.92. The quantitative estimate of drug-likeness (QED) is 0.793. The van der Waals surface area contributed by atoms with Gasteiger partial charge in [0.1, 0.15) is 0 Å². The fourth-order valence-electron chi connectivity index (χ4n) is 1.65. The van der Waals surface area contributed by atoms with Crippen LogP contribution >= 0.6 is 39.0 Å². The minimum absolute atomic E-state index is 0.332. The summed E-state index contributed by atoms with van der Waals surface area (Å²) < 4.78 is 0.865. The number of rotatable bonds is 4. The van der Waals surface area contributed by atoms with Crippen LogP contribution in [0.1, 0.15) is 25.6 Å². The molecule has 0 spiro atoms. The van der Waals surface area contributed by atoms with Crippen molar-refractivity contribution in [3.05, 3.63) is 56.2 Å².